The Morgan fingerprint density at radius 1 is 1.37 bits per heavy atom. The standard InChI is InChI=1S/C15H21NO3/c17-11-5-10-16-9-4-8-14(16)15(18)19-12-13-6-2-1-3-7-13/h1-3,6-7,14,17H,4-5,8-12H2. The molecule has 4 heteroatoms. The van der Waals surface area contributed by atoms with Crippen molar-refractivity contribution in [2.75, 3.05) is 19.7 Å². The van der Waals surface area contributed by atoms with Gasteiger partial charge in [0.25, 0.3) is 0 Å². The lowest BCUT2D eigenvalue weighted by molar-refractivity contribution is -0.150. The van der Waals surface area contributed by atoms with Gasteiger partial charge >= 0.3 is 5.97 Å². The second-order valence-corrected chi connectivity index (χ2v) is 4.86. The molecule has 0 amide bonds. The summed E-state index contributed by atoms with van der Waals surface area (Å²) in [6.45, 7) is 2.19. The van der Waals surface area contributed by atoms with Crippen molar-refractivity contribution in [3.8, 4) is 0 Å². The number of ether oxygens (including phenoxy) is 1. The number of aliphatic hydroxyl groups is 1. The lowest BCUT2D eigenvalue weighted by Gasteiger charge is -2.22. The van der Waals surface area contributed by atoms with Gasteiger partial charge in [-0.3, -0.25) is 9.69 Å². The van der Waals surface area contributed by atoms with E-state index in [2.05, 4.69) is 4.90 Å². The SMILES string of the molecule is O=C(OCc1ccccc1)C1CCCN1CCCO. The van der Waals surface area contributed by atoms with Crippen LogP contribution in [-0.4, -0.2) is 41.7 Å². The molecule has 1 heterocycles. The van der Waals surface area contributed by atoms with E-state index in [1.54, 1.807) is 0 Å². The molecule has 0 bridgehead atoms. The van der Waals surface area contributed by atoms with Crippen LogP contribution < -0.4 is 0 Å². The van der Waals surface area contributed by atoms with Gasteiger partial charge in [0.15, 0.2) is 0 Å². The van der Waals surface area contributed by atoms with Gasteiger partial charge in [0, 0.05) is 13.2 Å². The fourth-order valence-corrected chi connectivity index (χ4v) is 2.46. The fraction of sp³-hybridized carbons (Fsp3) is 0.533. The second kappa shape index (κ2) is 7.26. The van der Waals surface area contributed by atoms with Crippen molar-refractivity contribution in [3.05, 3.63) is 35.9 Å². The van der Waals surface area contributed by atoms with Gasteiger partial charge in [-0.2, -0.15) is 0 Å². The van der Waals surface area contributed by atoms with Crippen molar-refractivity contribution >= 4 is 5.97 Å². The Balaban J connectivity index is 1.82. The molecule has 1 aromatic carbocycles. The van der Waals surface area contributed by atoms with Crippen LogP contribution in [0.4, 0.5) is 0 Å². The number of carbonyl (C=O) groups excluding carboxylic acids is 1. The topological polar surface area (TPSA) is 49.8 Å². The highest BCUT2D eigenvalue weighted by molar-refractivity contribution is 5.76. The predicted molar refractivity (Wildman–Crippen MR) is 72.5 cm³/mol. The Kier molecular flexibility index (Phi) is 5.36. The minimum atomic E-state index is -0.140. The Labute approximate surface area is 114 Å². The highest BCUT2D eigenvalue weighted by atomic mass is 16.5. The summed E-state index contributed by atoms with van der Waals surface area (Å²) < 4.78 is 5.38. The lowest BCUT2D eigenvalue weighted by atomic mass is 10.2. The summed E-state index contributed by atoms with van der Waals surface area (Å²) in [5, 5.41) is 8.86. The number of hydrogen-bond donors (Lipinski definition) is 1. The maximum Gasteiger partial charge on any atom is 0.323 e. The number of likely N-dealkylation sites (tertiary alicyclic amines) is 1. The van der Waals surface area contributed by atoms with Gasteiger partial charge in [0.05, 0.1) is 0 Å². The number of nitrogens with zero attached hydrogens (tertiary/aromatic N) is 1. The predicted octanol–water partition coefficient (Wildman–Crippen LogP) is 1.58. The van der Waals surface area contributed by atoms with Gasteiger partial charge in [-0.05, 0) is 31.4 Å². The first-order valence-corrected chi connectivity index (χ1v) is 6.86. The molecule has 0 aromatic heterocycles. The lowest BCUT2D eigenvalue weighted by Crippen LogP contribution is -2.38. The molecule has 1 aliphatic rings. The van der Waals surface area contributed by atoms with Gasteiger partial charge < -0.3 is 9.84 Å². The molecule has 0 spiro atoms. The molecule has 1 N–H and O–H groups in total. The molecule has 1 unspecified atom stereocenters. The minimum absolute atomic E-state index is 0.129. The van der Waals surface area contributed by atoms with Crippen molar-refractivity contribution < 1.29 is 14.6 Å². The highest BCUT2D eigenvalue weighted by Gasteiger charge is 2.31. The summed E-state index contributed by atoms with van der Waals surface area (Å²) in [6.07, 6.45) is 2.60. The molecule has 1 fully saturated rings. The third kappa shape index (κ3) is 4.04. The first-order valence-electron chi connectivity index (χ1n) is 6.86. The van der Waals surface area contributed by atoms with Crippen LogP contribution in [0.25, 0.3) is 0 Å². The van der Waals surface area contributed by atoms with Crippen molar-refractivity contribution in [1.82, 2.24) is 4.90 Å². The normalized spacial score (nSPS) is 19.5. The zero-order valence-electron chi connectivity index (χ0n) is 11.1. The molecule has 0 radical (unpaired) electrons. The number of esters is 1. The van der Waals surface area contributed by atoms with Crippen LogP contribution in [0, 0.1) is 0 Å². The number of benzene rings is 1. The average molecular weight is 263 g/mol. The van der Waals surface area contributed by atoms with E-state index in [4.69, 9.17) is 9.84 Å². The summed E-state index contributed by atoms with van der Waals surface area (Å²) in [5.41, 5.74) is 1.01. The number of rotatable bonds is 6. The van der Waals surface area contributed by atoms with E-state index < -0.39 is 0 Å². The van der Waals surface area contributed by atoms with Gasteiger partial charge in [-0.25, -0.2) is 0 Å². The average Bonchev–Trinajstić information content (AvgIpc) is 2.92. The molecule has 104 valence electrons. The number of carbonyl (C=O) groups is 1. The van der Waals surface area contributed by atoms with Crippen LogP contribution >= 0.6 is 0 Å². The van der Waals surface area contributed by atoms with Crippen LogP contribution in [0.5, 0.6) is 0 Å². The molecule has 0 saturated carbocycles. The van der Waals surface area contributed by atoms with E-state index in [0.29, 0.717) is 13.0 Å². The van der Waals surface area contributed by atoms with Gasteiger partial charge in [0.2, 0.25) is 0 Å². The van der Waals surface area contributed by atoms with Crippen molar-refractivity contribution in [2.24, 2.45) is 0 Å². The summed E-state index contributed by atoms with van der Waals surface area (Å²) in [5.74, 6) is -0.140. The van der Waals surface area contributed by atoms with E-state index in [1.165, 1.54) is 0 Å². The van der Waals surface area contributed by atoms with Crippen molar-refractivity contribution in [2.45, 2.75) is 31.9 Å². The van der Waals surface area contributed by atoms with E-state index in [0.717, 1.165) is 31.5 Å². The second-order valence-electron chi connectivity index (χ2n) is 4.86. The summed E-state index contributed by atoms with van der Waals surface area (Å²) in [4.78, 5) is 14.2. The maximum absolute atomic E-state index is 12.1. The zero-order chi connectivity index (χ0) is 13.5. The Morgan fingerprint density at radius 3 is 2.89 bits per heavy atom. The molecule has 1 aliphatic heterocycles. The zero-order valence-corrected chi connectivity index (χ0v) is 11.1. The van der Waals surface area contributed by atoms with Gasteiger partial charge in [-0.1, -0.05) is 30.3 Å². The molecule has 0 aliphatic carbocycles. The molecular formula is C15H21NO3. The number of aliphatic hydroxyl groups excluding tert-OH is 1. The smallest absolute Gasteiger partial charge is 0.323 e. The first-order chi connectivity index (χ1) is 9.31. The quantitative estimate of drug-likeness (QED) is 0.792. The van der Waals surface area contributed by atoms with Gasteiger partial charge in [0.1, 0.15) is 12.6 Å². The summed E-state index contributed by atoms with van der Waals surface area (Å²) in [7, 11) is 0. The molecule has 4 nitrogen and oxygen atoms in total. The van der Waals surface area contributed by atoms with E-state index in [-0.39, 0.29) is 18.6 Å². The molecule has 1 saturated heterocycles. The molecule has 2 rings (SSSR count). The Morgan fingerprint density at radius 2 is 2.16 bits per heavy atom. The van der Waals surface area contributed by atoms with Crippen LogP contribution in [0.2, 0.25) is 0 Å². The maximum atomic E-state index is 12.1. The molecule has 1 atom stereocenters. The summed E-state index contributed by atoms with van der Waals surface area (Å²) in [6, 6.07) is 9.59. The molecule has 19 heavy (non-hydrogen) atoms. The third-order valence-electron chi connectivity index (χ3n) is 3.46. The van der Waals surface area contributed by atoms with E-state index in [9.17, 15) is 4.79 Å². The van der Waals surface area contributed by atoms with Crippen LogP contribution in [0.3, 0.4) is 0 Å². The fourth-order valence-electron chi connectivity index (χ4n) is 2.46. The Hall–Kier alpha value is -1.39. The highest BCUT2D eigenvalue weighted by Crippen LogP contribution is 2.19. The van der Waals surface area contributed by atoms with Crippen LogP contribution in [-0.2, 0) is 16.1 Å². The monoisotopic (exact) mass is 263 g/mol. The van der Waals surface area contributed by atoms with Crippen molar-refractivity contribution in [3.63, 3.8) is 0 Å². The molecular weight excluding hydrogens is 242 g/mol. The van der Waals surface area contributed by atoms with Crippen LogP contribution in [0.15, 0.2) is 30.3 Å². The Bertz CT molecular complexity index is 394. The van der Waals surface area contributed by atoms with E-state index in [1.807, 2.05) is 30.3 Å². The number of hydrogen-bond acceptors (Lipinski definition) is 4. The van der Waals surface area contributed by atoms with Gasteiger partial charge in [-0.15, -0.1) is 0 Å². The largest absolute Gasteiger partial charge is 0.460 e. The molecule has 1 aromatic rings. The van der Waals surface area contributed by atoms with Crippen LogP contribution in [0.1, 0.15) is 24.8 Å². The van der Waals surface area contributed by atoms with Crippen molar-refractivity contribution in [1.29, 1.82) is 0 Å². The summed E-state index contributed by atoms with van der Waals surface area (Å²) >= 11 is 0. The minimum Gasteiger partial charge on any atom is -0.460 e. The third-order valence-corrected chi connectivity index (χ3v) is 3.46. The first kappa shape index (κ1) is 14.0. The van der Waals surface area contributed by atoms with E-state index >= 15 is 0 Å².